The molecule has 0 radical (unpaired) electrons. The van der Waals surface area contributed by atoms with Crippen LogP contribution in [0.2, 0.25) is 0 Å². The lowest BCUT2D eigenvalue weighted by atomic mass is 10.1. The average molecular weight is 174 g/mol. The molecule has 0 saturated heterocycles. The van der Waals surface area contributed by atoms with Gasteiger partial charge in [0.15, 0.2) is 0 Å². The maximum atomic E-state index is 5.59. The van der Waals surface area contributed by atoms with Crippen LogP contribution in [0.4, 0.5) is 0 Å². The fourth-order valence-electron chi connectivity index (χ4n) is 1.56. The first-order chi connectivity index (χ1) is 6.42. The van der Waals surface area contributed by atoms with Gasteiger partial charge in [-0.2, -0.15) is 0 Å². The molecule has 0 spiro atoms. The molecular weight excluding hydrogens is 160 g/mol. The molecule has 0 unspecified atom stereocenters. The van der Waals surface area contributed by atoms with Crippen LogP contribution in [-0.2, 0) is 11.3 Å². The van der Waals surface area contributed by atoms with Crippen molar-refractivity contribution >= 4 is 5.76 Å². The van der Waals surface area contributed by atoms with E-state index in [0.29, 0.717) is 0 Å². The Bertz CT molecular complexity index is 326. The molecule has 13 heavy (non-hydrogen) atoms. The summed E-state index contributed by atoms with van der Waals surface area (Å²) in [7, 11) is 0. The monoisotopic (exact) mass is 174 g/mol. The molecule has 0 bridgehead atoms. The van der Waals surface area contributed by atoms with Gasteiger partial charge < -0.3 is 4.74 Å². The van der Waals surface area contributed by atoms with Crippen molar-refractivity contribution in [1.82, 2.24) is 0 Å². The average Bonchev–Trinajstić information content (AvgIpc) is 2.58. The molecule has 0 fully saturated rings. The van der Waals surface area contributed by atoms with Crippen molar-refractivity contribution in [2.75, 3.05) is 0 Å². The van der Waals surface area contributed by atoms with Crippen LogP contribution in [0.5, 0.6) is 0 Å². The van der Waals surface area contributed by atoms with Gasteiger partial charge in [0.2, 0.25) is 0 Å². The number of fused-ring (bicyclic) bond motifs is 1. The largest absolute Gasteiger partial charge is 0.489 e. The molecule has 0 N–H and O–H groups in total. The summed E-state index contributed by atoms with van der Waals surface area (Å²) >= 11 is 0. The Kier molecular flexibility index (Phi) is 2.35. The van der Waals surface area contributed by atoms with Gasteiger partial charge in [0.25, 0.3) is 0 Å². The van der Waals surface area contributed by atoms with E-state index in [1.807, 2.05) is 0 Å². The van der Waals surface area contributed by atoms with Crippen molar-refractivity contribution in [3.63, 3.8) is 0 Å². The second kappa shape index (κ2) is 3.65. The maximum Gasteiger partial charge on any atom is 0.123 e. The third kappa shape index (κ3) is 1.59. The standard InChI is InChI=1S/C12H14O/c1-2-3-8-12-11-7-5-4-6-10(11)9-13-12/h4-8H,2-3,9H2,1H3/b12-8-. The number of ether oxygens (including phenoxy) is 1. The summed E-state index contributed by atoms with van der Waals surface area (Å²) in [4.78, 5) is 0. The van der Waals surface area contributed by atoms with Gasteiger partial charge in [-0.25, -0.2) is 0 Å². The zero-order valence-corrected chi connectivity index (χ0v) is 7.92. The van der Waals surface area contributed by atoms with Crippen LogP contribution in [0, 0.1) is 0 Å². The molecule has 1 nitrogen and oxygen atoms in total. The third-order valence-electron chi connectivity index (χ3n) is 2.28. The van der Waals surface area contributed by atoms with Crippen LogP contribution in [0.1, 0.15) is 30.9 Å². The summed E-state index contributed by atoms with van der Waals surface area (Å²) < 4.78 is 5.59. The van der Waals surface area contributed by atoms with Gasteiger partial charge in [0.05, 0.1) is 0 Å². The van der Waals surface area contributed by atoms with E-state index in [1.165, 1.54) is 17.5 Å². The number of benzene rings is 1. The SMILES string of the molecule is CCC/C=C1\OCc2ccccc21. The maximum absolute atomic E-state index is 5.59. The molecule has 1 aromatic rings. The molecule has 1 aliphatic heterocycles. The van der Waals surface area contributed by atoms with Crippen molar-refractivity contribution in [3.05, 3.63) is 41.5 Å². The predicted molar refractivity (Wildman–Crippen MR) is 54.1 cm³/mol. The van der Waals surface area contributed by atoms with Crippen LogP contribution in [0.25, 0.3) is 5.76 Å². The first kappa shape index (κ1) is 8.36. The zero-order chi connectivity index (χ0) is 9.10. The van der Waals surface area contributed by atoms with Gasteiger partial charge in [0.1, 0.15) is 12.4 Å². The highest BCUT2D eigenvalue weighted by molar-refractivity contribution is 5.65. The van der Waals surface area contributed by atoms with Gasteiger partial charge >= 0.3 is 0 Å². The fraction of sp³-hybridized carbons (Fsp3) is 0.333. The van der Waals surface area contributed by atoms with Crippen molar-refractivity contribution < 1.29 is 4.74 Å². The molecule has 68 valence electrons. The van der Waals surface area contributed by atoms with E-state index in [4.69, 9.17) is 4.74 Å². The molecule has 0 aliphatic carbocycles. The third-order valence-corrected chi connectivity index (χ3v) is 2.28. The van der Waals surface area contributed by atoms with Gasteiger partial charge in [-0.1, -0.05) is 37.6 Å². The lowest BCUT2D eigenvalue weighted by Crippen LogP contribution is -1.79. The van der Waals surface area contributed by atoms with E-state index in [2.05, 4.69) is 37.3 Å². The highest BCUT2D eigenvalue weighted by Gasteiger charge is 2.15. The highest BCUT2D eigenvalue weighted by Crippen LogP contribution is 2.29. The summed E-state index contributed by atoms with van der Waals surface area (Å²) in [6, 6.07) is 8.38. The van der Waals surface area contributed by atoms with E-state index in [0.717, 1.165) is 18.8 Å². The van der Waals surface area contributed by atoms with E-state index in [9.17, 15) is 0 Å². The second-order valence-electron chi connectivity index (χ2n) is 3.30. The molecule has 1 heterocycles. The minimum Gasteiger partial charge on any atom is -0.489 e. The topological polar surface area (TPSA) is 9.23 Å². The van der Waals surface area contributed by atoms with Gasteiger partial charge in [0, 0.05) is 11.1 Å². The van der Waals surface area contributed by atoms with Gasteiger partial charge in [-0.05, 0) is 12.5 Å². The van der Waals surface area contributed by atoms with Crippen LogP contribution in [0.3, 0.4) is 0 Å². The predicted octanol–water partition coefficient (Wildman–Crippen LogP) is 3.36. The lowest BCUT2D eigenvalue weighted by Gasteiger charge is -1.98. The summed E-state index contributed by atoms with van der Waals surface area (Å²) in [5.74, 6) is 1.07. The van der Waals surface area contributed by atoms with Gasteiger partial charge in [-0.3, -0.25) is 0 Å². The summed E-state index contributed by atoms with van der Waals surface area (Å²) in [6.45, 7) is 2.92. The molecule has 0 saturated carbocycles. The number of rotatable bonds is 2. The minimum atomic E-state index is 0.742. The van der Waals surface area contributed by atoms with Crippen LogP contribution in [-0.4, -0.2) is 0 Å². The quantitative estimate of drug-likeness (QED) is 0.668. The second-order valence-corrected chi connectivity index (χ2v) is 3.30. The molecule has 2 rings (SSSR count). The molecule has 1 heteroatoms. The van der Waals surface area contributed by atoms with E-state index in [1.54, 1.807) is 0 Å². The first-order valence-electron chi connectivity index (χ1n) is 4.83. The molecule has 1 aliphatic rings. The van der Waals surface area contributed by atoms with Crippen molar-refractivity contribution in [2.45, 2.75) is 26.4 Å². The van der Waals surface area contributed by atoms with Gasteiger partial charge in [-0.15, -0.1) is 0 Å². The summed E-state index contributed by atoms with van der Waals surface area (Å²) in [5.41, 5.74) is 2.58. The Labute approximate surface area is 79.0 Å². The highest BCUT2D eigenvalue weighted by atomic mass is 16.5. The Morgan fingerprint density at radius 1 is 1.38 bits per heavy atom. The normalized spacial score (nSPS) is 17.2. The van der Waals surface area contributed by atoms with Crippen LogP contribution < -0.4 is 0 Å². The minimum absolute atomic E-state index is 0.742. The van der Waals surface area contributed by atoms with Crippen molar-refractivity contribution in [1.29, 1.82) is 0 Å². The molecule has 0 amide bonds. The van der Waals surface area contributed by atoms with Crippen LogP contribution >= 0.6 is 0 Å². The summed E-state index contributed by atoms with van der Waals surface area (Å²) in [6.07, 6.45) is 4.46. The van der Waals surface area contributed by atoms with Crippen molar-refractivity contribution in [2.24, 2.45) is 0 Å². The smallest absolute Gasteiger partial charge is 0.123 e. The Hall–Kier alpha value is -1.24. The number of unbranched alkanes of at least 4 members (excludes halogenated alkanes) is 1. The van der Waals surface area contributed by atoms with Crippen molar-refractivity contribution in [3.8, 4) is 0 Å². The summed E-state index contributed by atoms with van der Waals surface area (Å²) in [5, 5.41) is 0. The van der Waals surface area contributed by atoms with E-state index in [-0.39, 0.29) is 0 Å². The number of hydrogen-bond donors (Lipinski definition) is 0. The fourth-order valence-corrected chi connectivity index (χ4v) is 1.56. The molecule has 1 aromatic carbocycles. The Morgan fingerprint density at radius 3 is 3.08 bits per heavy atom. The Morgan fingerprint density at radius 2 is 2.23 bits per heavy atom. The lowest BCUT2D eigenvalue weighted by molar-refractivity contribution is 0.284. The number of hydrogen-bond acceptors (Lipinski definition) is 1. The van der Waals surface area contributed by atoms with E-state index >= 15 is 0 Å². The zero-order valence-electron chi connectivity index (χ0n) is 7.92. The van der Waals surface area contributed by atoms with Crippen LogP contribution in [0.15, 0.2) is 30.3 Å². The Balaban J connectivity index is 2.28. The molecule has 0 aromatic heterocycles. The first-order valence-corrected chi connectivity index (χ1v) is 4.83. The molecular formula is C12H14O. The molecule has 0 atom stereocenters. The number of allylic oxidation sites excluding steroid dienone is 1. The van der Waals surface area contributed by atoms with E-state index < -0.39 is 0 Å².